The summed E-state index contributed by atoms with van der Waals surface area (Å²) in [5.74, 6) is 0. The van der Waals surface area contributed by atoms with E-state index in [2.05, 4.69) is 71.5 Å². The Morgan fingerprint density at radius 2 is 0.674 bits per heavy atom. The van der Waals surface area contributed by atoms with Crippen molar-refractivity contribution in [2.75, 3.05) is 10.0 Å². The molecule has 0 atom stereocenters. The van der Waals surface area contributed by atoms with Gasteiger partial charge in [0.15, 0.2) is 0 Å². The standard InChI is InChI=1S/C38H30N4O/c43-38-41(35-24-20-32(21-25-35)29-12-6-2-7-13-29)39-37(34-18-16-31(17-19-34)28-10-4-1-5-11-28)40-42(38)36-26-22-33(23-27-36)30-14-8-3-9-15-30/h1-27,37,39-40H. The first kappa shape index (κ1) is 26.4. The predicted octanol–water partition coefficient (Wildman–Crippen LogP) is 8.84. The molecule has 7 rings (SSSR count). The number of hydrogen-bond donors (Lipinski definition) is 2. The summed E-state index contributed by atoms with van der Waals surface area (Å²) in [6.07, 6.45) is -0.356. The summed E-state index contributed by atoms with van der Waals surface area (Å²) in [5.41, 5.74) is 16.1. The molecule has 5 heteroatoms. The molecule has 0 spiro atoms. The Balaban J connectivity index is 1.21. The molecular formula is C38H30N4O. The molecule has 0 bridgehead atoms. The van der Waals surface area contributed by atoms with Gasteiger partial charge >= 0.3 is 6.03 Å². The van der Waals surface area contributed by atoms with E-state index in [4.69, 9.17) is 0 Å². The van der Waals surface area contributed by atoms with Gasteiger partial charge in [0.25, 0.3) is 0 Å². The van der Waals surface area contributed by atoms with E-state index in [0.717, 1.165) is 50.3 Å². The second kappa shape index (κ2) is 11.8. The van der Waals surface area contributed by atoms with Gasteiger partial charge in [0.2, 0.25) is 0 Å². The van der Waals surface area contributed by atoms with Crippen LogP contribution < -0.4 is 20.9 Å². The molecule has 0 unspecified atom stereocenters. The van der Waals surface area contributed by atoms with E-state index in [9.17, 15) is 4.79 Å². The lowest BCUT2D eigenvalue weighted by Crippen LogP contribution is -2.65. The number of carbonyl (C=O) groups is 1. The average molecular weight is 559 g/mol. The van der Waals surface area contributed by atoms with Gasteiger partial charge in [-0.15, -0.1) is 0 Å². The van der Waals surface area contributed by atoms with Crippen LogP contribution in [0.5, 0.6) is 0 Å². The highest BCUT2D eigenvalue weighted by Crippen LogP contribution is 2.30. The molecule has 2 N–H and O–H groups in total. The second-order valence-electron chi connectivity index (χ2n) is 10.5. The molecule has 0 saturated carbocycles. The van der Waals surface area contributed by atoms with Crippen LogP contribution in [0.15, 0.2) is 164 Å². The van der Waals surface area contributed by atoms with Crippen molar-refractivity contribution in [3.8, 4) is 33.4 Å². The maximum absolute atomic E-state index is 14.0. The summed E-state index contributed by atoms with van der Waals surface area (Å²) >= 11 is 0. The van der Waals surface area contributed by atoms with Crippen LogP contribution in [-0.4, -0.2) is 6.03 Å². The fourth-order valence-electron chi connectivity index (χ4n) is 5.38. The summed E-state index contributed by atoms with van der Waals surface area (Å²) in [6, 6.07) is 55.0. The monoisotopic (exact) mass is 558 g/mol. The Kier molecular flexibility index (Phi) is 7.24. The minimum absolute atomic E-state index is 0.225. The molecule has 1 fully saturated rings. The van der Waals surface area contributed by atoms with E-state index in [1.807, 2.05) is 103 Å². The number of nitrogens with one attached hydrogen (secondary N) is 2. The zero-order chi connectivity index (χ0) is 29.0. The van der Waals surface area contributed by atoms with Crippen LogP contribution in [0.2, 0.25) is 0 Å². The van der Waals surface area contributed by atoms with E-state index >= 15 is 0 Å². The molecule has 0 radical (unpaired) electrons. The number of urea groups is 1. The molecule has 6 aromatic carbocycles. The van der Waals surface area contributed by atoms with Crippen molar-refractivity contribution in [2.24, 2.45) is 0 Å². The predicted molar refractivity (Wildman–Crippen MR) is 175 cm³/mol. The topological polar surface area (TPSA) is 47.6 Å². The Labute approximate surface area is 251 Å². The number of rotatable bonds is 6. The van der Waals surface area contributed by atoms with Crippen molar-refractivity contribution in [1.29, 1.82) is 0 Å². The quantitative estimate of drug-likeness (QED) is 0.215. The average Bonchev–Trinajstić information content (AvgIpc) is 3.10. The molecule has 208 valence electrons. The van der Waals surface area contributed by atoms with Crippen molar-refractivity contribution in [3.05, 3.63) is 169 Å². The lowest BCUT2D eigenvalue weighted by Gasteiger charge is -2.41. The van der Waals surface area contributed by atoms with E-state index in [1.54, 1.807) is 10.0 Å². The largest absolute Gasteiger partial charge is 0.358 e. The van der Waals surface area contributed by atoms with Crippen LogP contribution in [0, 0.1) is 0 Å². The van der Waals surface area contributed by atoms with Crippen LogP contribution in [0.25, 0.3) is 33.4 Å². The van der Waals surface area contributed by atoms with Crippen molar-refractivity contribution < 1.29 is 4.79 Å². The van der Waals surface area contributed by atoms with E-state index in [0.29, 0.717) is 0 Å². The first-order valence-corrected chi connectivity index (χ1v) is 14.4. The van der Waals surface area contributed by atoms with Gasteiger partial charge < -0.3 is 0 Å². The number of hydrogen-bond acceptors (Lipinski definition) is 3. The molecule has 1 heterocycles. The highest BCUT2D eigenvalue weighted by molar-refractivity contribution is 6.03. The molecule has 2 amide bonds. The lowest BCUT2D eigenvalue weighted by atomic mass is 10.0. The third kappa shape index (κ3) is 5.55. The summed E-state index contributed by atoms with van der Waals surface area (Å²) in [4.78, 5) is 14.0. The fraction of sp³-hybridized carbons (Fsp3) is 0.0263. The first-order valence-electron chi connectivity index (χ1n) is 14.4. The van der Waals surface area contributed by atoms with Crippen molar-refractivity contribution >= 4 is 17.4 Å². The van der Waals surface area contributed by atoms with Crippen LogP contribution >= 0.6 is 0 Å². The SMILES string of the molecule is O=C1N(c2ccc(-c3ccccc3)cc2)NC(c2ccc(-c3ccccc3)cc2)NN1c1ccc(-c2ccccc2)cc1. The molecule has 0 aliphatic carbocycles. The smallest absolute Gasteiger partial charge is 0.245 e. The molecule has 43 heavy (non-hydrogen) atoms. The zero-order valence-electron chi connectivity index (χ0n) is 23.5. The summed E-state index contributed by atoms with van der Waals surface area (Å²) < 4.78 is 0. The third-order valence-corrected chi connectivity index (χ3v) is 7.72. The molecule has 1 saturated heterocycles. The normalized spacial score (nSPS) is 13.7. The number of carbonyl (C=O) groups excluding carboxylic acids is 1. The molecule has 0 aromatic heterocycles. The summed E-state index contributed by atoms with van der Waals surface area (Å²) in [7, 11) is 0. The van der Waals surface area contributed by atoms with E-state index in [1.165, 1.54) is 0 Å². The minimum Gasteiger partial charge on any atom is -0.245 e. The number of benzene rings is 6. The van der Waals surface area contributed by atoms with Crippen LogP contribution in [-0.2, 0) is 0 Å². The Hall–Kier alpha value is -5.49. The van der Waals surface area contributed by atoms with Gasteiger partial charge in [-0.05, 0) is 63.2 Å². The van der Waals surface area contributed by atoms with Gasteiger partial charge in [0.05, 0.1) is 11.4 Å². The van der Waals surface area contributed by atoms with Gasteiger partial charge in [-0.25, -0.2) is 25.7 Å². The maximum Gasteiger partial charge on any atom is 0.358 e. The van der Waals surface area contributed by atoms with Crippen molar-refractivity contribution in [1.82, 2.24) is 10.9 Å². The van der Waals surface area contributed by atoms with E-state index < -0.39 is 0 Å². The van der Waals surface area contributed by atoms with E-state index in [-0.39, 0.29) is 12.2 Å². The maximum atomic E-state index is 14.0. The van der Waals surface area contributed by atoms with Gasteiger partial charge in [0.1, 0.15) is 6.17 Å². The molecule has 5 nitrogen and oxygen atoms in total. The van der Waals surface area contributed by atoms with Gasteiger partial charge in [-0.3, -0.25) is 0 Å². The molecule has 1 aliphatic rings. The Morgan fingerprint density at radius 3 is 1.02 bits per heavy atom. The van der Waals surface area contributed by atoms with Crippen molar-refractivity contribution in [2.45, 2.75) is 6.17 Å². The molecular weight excluding hydrogens is 528 g/mol. The lowest BCUT2D eigenvalue weighted by molar-refractivity contribution is 0.231. The van der Waals surface area contributed by atoms with Crippen LogP contribution in [0.1, 0.15) is 11.7 Å². The first-order chi connectivity index (χ1) is 21.2. The second-order valence-corrected chi connectivity index (χ2v) is 10.5. The molecule has 1 aliphatic heterocycles. The number of amides is 2. The Bertz CT molecular complexity index is 1710. The number of anilines is 2. The number of nitrogens with zero attached hydrogens (tertiary/aromatic N) is 2. The zero-order valence-corrected chi connectivity index (χ0v) is 23.5. The molecule has 6 aromatic rings. The highest BCUT2D eigenvalue weighted by atomic mass is 16.2. The van der Waals surface area contributed by atoms with Gasteiger partial charge in [0, 0.05) is 0 Å². The third-order valence-electron chi connectivity index (χ3n) is 7.72. The van der Waals surface area contributed by atoms with Gasteiger partial charge in [-0.2, -0.15) is 0 Å². The Morgan fingerprint density at radius 1 is 0.372 bits per heavy atom. The van der Waals surface area contributed by atoms with Crippen molar-refractivity contribution in [3.63, 3.8) is 0 Å². The minimum atomic E-state index is -0.356. The highest BCUT2D eigenvalue weighted by Gasteiger charge is 2.34. The van der Waals surface area contributed by atoms with Crippen LogP contribution in [0.4, 0.5) is 16.2 Å². The number of hydrazine groups is 2. The van der Waals surface area contributed by atoms with Crippen LogP contribution in [0.3, 0.4) is 0 Å². The van der Waals surface area contributed by atoms with Gasteiger partial charge in [-0.1, -0.05) is 140 Å². The fourth-order valence-corrected chi connectivity index (χ4v) is 5.38. The summed E-state index contributed by atoms with van der Waals surface area (Å²) in [5, 5.41) is 3.23. The summed E-state index contributed by atoms with van der Waals surface area (Å²) in [6.45, 7) is 0.